The van der Waals surface area contributed by atoms with E-state index in [0.29, 0.717) is 16.6 Å². The number of para-hydroxylation sites is 1. The molecule has 0 bridgehead atoms. The highest BCUT2D eigenvalue weighted by molar-refractivity contribution is 5.92. The Morgan fingerprint density at radius 2 is 2.15 bits per heavy atom. The van der Waals surface area contributed by atoms with Crippen LogP contribution in [0.2, 0.25) is 0 Å². The number of aromatic hydroxyl groups is 1. The van der Waals surface area contributed by atoms with Crippen LogP contribution in [0.1, 0.15) is 5.69 Å². The van der Waals surface area contributed by atoms with Crippen LogP contribution in [-0.4, -0.2) is 10.1 Å². The summed E-state index contributed by atoms with van der Waals surface area (Å²) in [5.41, 5.74) is 9.31. The minimum Gasteiger partial charge on any atom is -0.506 e. The first-order chi connectivity index (χ1) is 6.18. The number of pyridine rings is 1. The molecule has 2 rings (SSSR count). The second-order valence-electron chi connectivity index (χ2n) is 2.98. The molecule has 3 nitrogen and oxygen atoms in total. The lowest BCUT2D eigenvalue weighted by Gasteiger charge is -2.03. The highest BCUT2D eigenvalue weighted by Gasteiger charge is 2.04. The van der Waals surface area contributed by atoms with Crippen LogP contribution in [0.4, 0.5) is 5.69 Å². The molecule has 0 fully saturated rings. The number of benzene rings is 1. The van der Waals surface area contributed by atoms with Crippen LogP contribution < -0.4 is 5.73 Å². The quantitative estimate of drug-likeness (QED) is 0.663. The third kappa shape index (κ3) is 1.18. The van der Waals surface area contributed by atoms with Gasteiger partial charge in [-0.15, -0.1) is 0 Å². The molecule has 0 aliphatic rings. The van der Waals surface area contributed by atoms with Crippen molar-refractivity contribution in [2.45, 2.75) is 6.92 Å². The summed E-state index contributed by atoms with van der Waals surface area (Å²) in [7, 11) is 0. The van der Waals surface area contributed by atoms with Gasteiger partial charge in [0.25, 0.3) is 0 Å². The van der Waals surface area contributed by atoms with Gasteiger partial charge in [-0.05, 0) is 19.1 Å². The first-order valence-corrected chi connectivity index (χ1v) is 3.99. The minimum absolute atomic E-state index is 0.134. The summed E-state index contributed by atoms with van der Waals surface area (Å²) in [6.45, 7) is 1.81. The highest BCUT2D eigenvalue weighted by Crippen LogP contribution is 2.27. The molecule has 13 heavy (non-hydrogen) atoms. The van der Waals surface area contributed by atoms with E-state index in [1.54, 1.807) is 24.3 Å². The summed E-state index contributed by atoms with van der Waals surface area (Å²) in [6.07, 6.45) is 0. The molecule has 65 valence electrons. The Labute approximate surface area is 75.8 Å². The van der Waals surface area contributed by atoms with Gasteiger partial charge >= 0.3 is 0 Å². The predicted octanol–water partition coefficient (Wildman–Crippen LogP) is 2.16. The van der Waals surface area contributed by atoms with E-state index < -0.39 is 0 Å². The van der Waals surface area contributed by atoms with E-state index in [-0.39, 0.29) is 5.75 Å². The molecule has 1 radical (unpaired) electrons. The largest absolute Gasteiger partial charge is 0.506 e. The van der Waals surface area contributed by atoms with Gasteiger partial charge in [-0.1, -0.05) is 12.1 Å². The van der Waals surface area contributed by atoms with Crippen molar-refractivity contribution in [1.82, 2.24) is 10.7 Å². The number of nitrogens with one attached hydrogen (secondary N) is 1. The molecule has 0 aliphatic heterocycles. The van der Waals surface area contributed by atoms with Crippen molar-refractivity contribution >= 4 is 16.6 Å². The Morgan fingerprint density at radius 1 is 1.38 bits per heavy atom. The third-order valence-electron chi connectivity index (χ3n) is 1.95. The number of phenols is 1. The van der Waals surface area contributed by atoms with Crippen molar-refractivity contribution in [1.29, 1.82) is 0 Å². The normalized spacial score (nSPS) is 10.5. The maximum Gasteiger partial charge on any atom is 0.141 e. The zero-order valence-electron chi connectivity index (χ0n) is 7.20. The van der Waals surface area contributed by atoms with Crippen LogP contribution in [0.3, 0.4) is 0 Å². The number of phenolic OH excluding ortho intramolecular Hbond substituents is 1. The van der Waals surface area contributed by atoms with Gasteiger partial charge in [-0.25, -0.2) is 4.98 Å². The van der Waals surface area contributed by atoms with Gasteiger partial charge in [0, 0.05) is 11.1 Å². The van der Waals surface area contributed by atoms with E-state index in [1.807, 2.05) is 6.92 Å². The first-order valence-electron chi connectivity index (χ1n) is 3.99. The molecule has 2 N–H and O–H groups in total. The van der Waals surface area contributed by atoms with Gasteiger partial charge in [0.1, 0.15) is 11.3 Å². The average molecular weight is 173 g/mol. The molecule has 0 amide bonds. The maximum absolute atomic E-state index is 9.47. The third-order valence-corrected chi connectivity index (χ3v) is 1.95. The molecule has 3 heteroatoms. The summed E-state index contributed by atoms with van der Waals surface area (Å²) >= 11 is 0. The number of aryl methyl sites for hydroxylation is 1. The van der Waals surface area contributed by atoms with E-state index in [2.05, 4.69) is 4.98 Å². The molecule has 1 aromatic heterocycles. The standard InChI is InChI=1S/C10H9N2O/c1-6-5-8(11)7-3-2-4-9(13)10(7)12-6/h2-5,11,13H,1H3. The summed E-state index contributed by atoms with van der Waals surface area (Å²) in [4.78, 5) is 4.17. The Bertz CT molecular complexity index is 466. The number of aromatic nitrogens is 1. The predicted molar refractivity (Wildman–Crippen MR) is 50.9 cm³/mol. The van der Waals surface area contributed by atoms with Crippen molar-refractivity contribution in [2.24, 2.45) is 0 Å². The van der Waals surface area contributed by atoms with Crippen LogP contribution in [0, 0.1) is 6.92 Å². The first kappa shape index (κ1) is 7.86. The van der Waals surface area contributed by atoms with Crippen LogP contribution in [0.15, 0.2) is 24.3 Å². The number of fused-ring (bicyclic) bond motifs is 1. The fourth-order valence-corrected chi connectivity index (χ4v) is 1.36. The molecule has 0 aliphatic carbocycles. The lowest BCUT2D eigenvalue weighted by atomic mass is 10.1. The summed E-state index contributed by atoms with van der Waals surface area (Å²) in [5.74, 6) is 0.134. The number of nitrogens with zero attached hydrogens (tertiary/aromatic N) is 1. The van der Waals surface area contributed by atoms with Crippen LogP contribution in [-0.2, 0) is 0 Å². The number of hydrogen-bond acceptors (Lipinski definition) is 2. The van der Waals surface area contributed by atoms with E-state index in [9.17, 15) is 5.11 Å². The summed E-state index contributed by atoms with van der Waals surface area (Å²) in [6, 6.07) is 6.76. The van der Waals surface area contributed by atoms with Crippen LogP contribution in [0.25, 0.3) is 10.9 Å². The van der Waals surface area contributed by atoms with Crippen molar-refractivity contribution < 1.29 is 5.11 Å². The lowest BCUT2D eigenvalue weighted by molar-refractivity contribution is 0.480. The molecule has 0 saturated carbocycles. The highest BCUT2D eigenvalue weighted by atomic mass is 16.3. The van der Waals surface area contributed by atoms with E-state index in [1.165, 1.54) is 0 Å². The fraction of sp³-hybridized carbons (Fsp3) is 0.100. The summed E-state index contributed by atoms with van der Waals surface area (Å²) in [5, 5.41) is 10.2. The van der Waals surface area contributed by atoms with Crippen molar-refractivity contribution in [2.75, 3.05) is 0 Å². The molecule has 0 unspecified atom stereocenters. The van der Waals surface area contributed by atoms with Crippen LogP contribution >= 0.6 is 0 Å². The Balaban J connectivity index is 2.94. The van der Waals surface area contributed by atoms with E-state index in [4.69, 9.17) is 5.73 Å². The number of rotatable bonds is 0. The average Bonchev–Trinajstić information content (AvgIpc) is 2.07. The number of hydrogen-bond donors (Lipinski definition) is 1. The van der Waals surface area contributed by atoms with Crippen molar-refractivity contribution in [3.05, 3.63) is 30.0 Å². The van der Waals surface area contributed by atoms with E-state index >= 15 is 0 Å². The lowest BCUT2D eigenvalue weighted by Crippen LogP contribution is -1.85. The SMILES string of the molecule is Cc1cc([NH])c2cccc(O)c2n1. The van der Waals surface area contributed by atoms with Crippen molar-refractivity contribution in [3.63, 3.8) is 0 Å². The zero-order valence-corrected chi connectivity index (χ0v) is 7.20. The topological polar surface area (TPSA) is 56.9 Å². The molecule has 2 aromatic rings. The van der Waals surface area contributed by atoms with Gasteiger partial charge in [-0.2, -0.15) is 0 Å². The van der Waals surface area contributed by atoms with Gasteiger partial charge in [0.05, 0.1) is 5.69 Å². The van der Waals surface area contributed by atoms with Gasteiger partial charge in [0.15, 0.2) is 0 Å². The second-order valence-corrected chi connectivity index (χ2v) is 2.98. The molecule has 0 saturated heterocycles. The van der Waals surface area contributed by atoms with Crippen LogP contribution in [0.5, 0.6) is 5.75 Å². The zero-order chi connectivity index (χ0) is 9.42. The van der Waals surface area contributed by atoms with Crippen molar-refractivity contribution in [3.8, 4) is 5.75 Å². The Kier molecular flexibility index (Phi) is 1.59. The molecule has 0 spiro atoms. The Hall–Kier alpha value is -1.77. The minimum atomic E-state index is 0.134. The van der Waals surface area contributed by atoms with Gasteiger partial charge in [0.2, 0.25) is 0 Å². The van der Waals surface area contributed by atoms with E-state index in [0.717, 1.165) is 5.69 Å². The summed E-state index contributed by atoms with van der Waals surface area (Å²) < 4.78 is 0. The second kappa shape index (κ2) is 2.62. The maximum atomic E-state index is 9.47. The smallest absolute Gasteiger partial charge is 0.141 e. The monoisotopic (exact) mass is 173 g/mol. The Morgan fingerprint density at radius 3 is 2.92 bits per heavy atom. The van der Waals surface area contributed by atoms with Gasteiger partial charge < -0.3 is 10.8 Å². The molecule has 1 aromatic carbocycles. The molecule has 0 atom stereocenters. The van der Waals surface area contributed by atoms with Gasteiger partial charge in [-0.3, -0.25) is 0 Å². The molecule has 1 heterocycles. The fourth-order valence-electron chi connectivity index (χ4n) is 1.36. The molecular formula is C10H9N2O. The molecular weight excluding hydrogens is 164 g/mol.